The zero-order valence-corrected chi connectivity index (χ0v) is 18.5. The second-order valence-corrected chi connectivity index (χ2v) is 8.98. The Bertz CT molecular complexity index is 1060. The summed E-state index contributed by atoms with van der Waals surface area (Å²) in [5, 5.41) is 16.3. The number of ether oxygens (including phenoxy) is 1. The molecular weight excluding hydrogens is 434 g/mol. The number of aryl methyl sites for hydroxylation is 1. The molecule has 0 radical (unpaired) electrons. The minimum atomic E-state index is -0.982. The molecule has 1 fully saturated rings. The van der Waals surface area contributed by atoms with Crippen LogP contribution in [0.1, 0.15) is 32.0 Å². The molecular formula is C22H23N3O4S2. The normalized spacial score (nSPS) is 14.5. The van der Waals surface area contributed by atoms with Crippen molar-refractivity contribution in [1.82, 2.24) is 9.88 Å². The molecule has 1 aromatic carbocycles. The maximum atomic E-state index is 12.8. The number of hydrogen-bond acceptors (Lipinski definition) is 7. The van der Waals surface area contributed by atoms with Crippen LogP contribution in [0, 0.1) is 0 Å². The minimum Gasteiger partial charge on any atom is -0.478 e. The predicted molar refractivity (Wildman–Crippen MR) is 122 cm³/mol. The average Bonchev–Trinajstić information content (AvgIpc) is 3.44. The summed E-state index contributed by atoms with van der Waals surface area (Å²) >= 11 is 2.76. The van der Waals surface area contributed by atoms with Gasteiger partial charge in [-0.25, -0.2) is 9.78 Å². The van der Waals surface area contributed by atoms with Crippen LogP contribution in [0.4, 0.5) is 5.13 Å². The fourth-order valence-corrected chi connectivity index (χ4v) is 5.04. The Morgan fingerprint density at radius 1 is 1.19 bits per heavy atom. The summed E-state index contributed by atoms with van der Waals surface area (Å²) < 4.78 is 5.38. The van der Waals surface area contributed by atoms with Gasteiger partial charge in [-0.3, -0.25) is 15.0 Å². The van der Waals surface area contributed by atoms with Crippen LogP contribution in [-0.4, -0.2) is 59.7 Å². The fourth-order valence-electron chi connectivity index (χ4n) is 3.48. The number of carboxylic acid groups (broad SMARTS) is 1. The smallest absolute Gasteiger partial charge is 0.335 e. The molecule has 1 amide bonds. The monoisotopic (exact) mass is 457 g/mol. The summed E-state index contributed by atoms with van der Waals surface area (Å²) in [6.45, 7) is 4.54. The van der Waals surface area contributed by atoms with Gasteiger partial charge in [-0.2, -0.15) is 0 Å². The first-order valence-corrected chi connectivity index (χ1v) is 11.8. The van der Waals surface area contributed by atoms with E-state index in [1.54, 1.807) is 18.2 Å². The third-order valence-corrected chi connectivity index (χ3v) is 6.82. The van der Waals surface area contributed by atoms with Gasteiger partial charge in [0.25, 0.3) is 5.91 Å². The molecule has 31 heavy (non-hydrogen) atoms. The third kappa shape index (κ3) is 5.56. The number of carboxylic acids is 1. The molecule has 9 heteroatoms. The van der Waals surface area contributed by atoms with Gasteiger partial charge in [0.05, 0.1) is 29.3 Å². The van der Waals surface area contributed by atoms with E-state index >= 15 is 0 Å². The van der Waals surface area contributed by atoms with Crippen molar-refractivity contribution in [3.05, 3.63) is 57.1 Å². The number of nitrogens with zero attached hydrogens (tertiary/aromatic N) is 2. The number of aromatic nitrogens is 1. The summed E-state index contributed by atoms with van der Waals surface area (Å²) in [5.41, 5.74) is 2.61. The van der Waals surface area contributed by atoms with Gasteiger partial charge in [0, 0.05) is 24.0 Å². The highest BCUT2D eigenvalue weighted by molar-refractivity contribution is 7.14. The lowest BCUT2D eigenvalue weighted by Gasteiger charge is -2.26. The summed E-state index contributed by atoms with van der Waals surface area (Å²) in [6.07, 6.45) is 1.85. The van der Waals surface area contributed by atoms with E-state index in [0.29, 0.717) is 21.3 Å². The Hall–Kier alpha value is -2.59. The lowest BCUT2D eigenvalue weighted by molar-refractivity contribution is 0.0374. The van der Waals surface area contributed by atoms with Gasteiger partial charge in [0.15, 0.2) is 5.13 Å². The third-order valence-electron chi connectivity index (χ3n) is 5.11. The number of morpholine rings is 1. The Labute approximate surface area is 188 Å². The number of aromatic carboxylic acids is 1. The standard InChI is InChI=1S/C22H23N3O4S2/c26-20(19-15(6-12-30-19)5-2-7-25-8-10-29-11-9-25)24-22-23-18(14-31-22)16-3-1-4-17(13-16)21(27)28/h1,3-4,6,12-14H,2,5,7-11H2,(H,27,28)(H,23,24,26). The van der Waals surface area contributed by atoms with Gasteiger partial charge < -0.3 is 9.84 Å². The van der Waals surface area contributed by atoms with Crippen LogP contribution in [0.25, 0.3) is 11.3 Å². The van der Waals surface area contributed by atoms with Crippen LogP contribution in [-0.2, 0) is 11.2 Å². The van der Waals surface area contributed by atoms with Crippen LogP contribution < -0.4 is 5.32 Å². The number of carbonyl (C=O) groups excluding carboxylic acids is 1. The molecule has 2 aromatic heterocycles. The van der Waals surface area contributed by atoms with Crippen molar-refractivity contribution >= 4 is 39.7 Å². The second kappa shape index (κ2) is 10.1. The zero-order chi connectivity index (χ0) is 21.6. The molecule has 1 aliphatic heterocycles. The maximum absolute atomic E-state index is 12.8. The Morgan fingerprint density at radius 3 is 2.84 bits per heavy atom. The van der Waals surface area contributed by atoms with Crippen molar-refractivity contribution in [3.8, 4) is 11.3 Å². The fraction of sp³-hybridized carbons (Fsp3) is 0.318. The van der Waals surface area contributed by atoms with Crippen molar-refractivity contribution in [2.24, 2.45) is 0 Å². The maximum Gasteiger partial charge on any atom is 0.335 e. The van der Waals surface area contributed by atoms with Gasteiger partial charge in [-0.15, -0.1) is 22.7 Å². The molecule has 1 saturated heterocycles. The molecule has 3 aromatic rings. The van der Waals surface area contributed by atoms with E-state index in [2.05, 4.69) is 15.2 Å². The summed E-state index contributed by atoms with van der Waals surface area (Å²) in [4.78, 5) is 31.6. The van der Waals surface area contributed by atoms with E-state index in [1.807, 2.05) is 16.8 Å². The molecule has 0 bridgehead atoms. The first-order valence-electron chi connectivity index (χ1n) is 10.1. The van der Waals surface area contributed by atoms with Gasteiger partial charge in [-0.1, -0.05) is 12.1 Å². The molecule has 0 saturated carbocycles. The highest BCUT2D eigenvalue weighted by Gasteiger charge is 2.16. The Balaban J connectivity index is 1.36. The molecule has 4 rings (SSSR count). The van der Waals surface area contributed by atoms with Crippen molar-refractivity contribution < 1.29 is 19.4 Å². The van der Waals surface area contributed by atoms with Crippen molar-refractivity contribution in [1.29, 1.82) is 0 Å². The van der Waals surface area contributed by atoms with Crippen LogP contribution in [0.2, 0.25) is 0 Å². The van der Waals surface area contributed by atoms with E-state index < -0.39 is 5.97 Å². The largest absolute Gasteiger partial charge is 0.478 e. The molecule has 0 spiro atoms. The van der Waals surface area contributed by atoms with Gasteiger partial charge in [-0.05, 0) is 48.5 Å². The Kier molecular flexibility index (Phi) is 7.08. The van der Waals surface area contributed by atoms with Gasteiger partial charge in [0.1, 0.15) is 0 Å². The van der Waals surface area contributed by atoms with Crippen LogP contribution in [0.5, 0.6) is 0 Å². The van der Waals surface area contributed by atoms with Crippen LogP contribution in [0.3, 0.4) is 0 Å². The van der Waals surface area contributed by atoms with Gasteiger partial charge in [0.2, 0.25) is 0 Å². The molecule has 0 aliphatic carbocycles. The first-order chi connectivity index (χ1) is 15.1. The number of anilines is 1. The number of carbonyl (C=O) groups is 2. The SMILES string of the molecule is O=C(O)c1cccc(-c2csc(NC(=O)c3sccc3CCCN3CCOCC3)n2)c1. The van der Waals surface area contributed by atoms with Crippen LogP contribution in [0.15, 0.2) is 41.1 Å². The van der Waals surface area contributed by atoms with E-state index in [-0.39, 0.29) is 11.5 Å². The van der Waals surface area contributed by atoms with E-state index in [9.17, 15) is 9.59 Å². The summed E-state index contributed by atoms with van der Waals surface area (Å²) in [5.74, 6) is -1.14. The quantitative estimate of drug-likeness (QED) is 0.529. The van der Waals surface area contributed by atoms with Gasteiger partial charge >= 0.3 is 5.97 Å². The topological polar surface area (TPSA) is 91.8 Å². The van der Waals surface area contributed by atoms with Crippen molar-refractivity contribution in [3.63, 3.8) is 0 Å². The Morgan fingerprint density at radius 2 is 2.03 bits per heavy atom. The lowest BCUT2D eigenvalue weighted by atomic mass is 10.1. The summed E-state index contributed by atoms with van der Waals surface area (Å²) in [6, 6.07) is 8.63. The van der Waals surface area contributed by atoms with E-state index in [1.165, 1.54) is 28.7 Å². The highest BCUT2D eigenvalue weighted by Crippen LogP contribution is 2.27. The van der Waals surface area contributed by atoms with E-state index in [4.69, 9.17) is 9.84 Å². The minimum absolute atomic E-state index is 0.156. The zero-order valence-electron chi connectivity index (χ0n) is 16.9. The molecule has 162 valence electrons. The number of nitrogens with one attached hydrogen (secondary N) is 1. The molecule has 2 N–H and O–H groups in total. The molecule has 3 heterocycles. The number of benzene rings is 1. The van der Waals surface area contributed by atoms with Crippen molar-refractivity contribution in [2.45, 2.75) is 12.8 Å². The highest BCUT2D eigenvalue weighted by atomic mass is 32.1. The molecule has 0 atom stereocenters. The molecule has 0 unspecified atom stereocenters. The number of rotatable bonds is 8. The first kappa shape index (κ1) is 21.6. The van der Waals surface area contributed by atoms with Crippen LogP contribution >= 0.6 is 22.7 Å². The number of amides is 1. The molecule has 7 nitrogen and oxygen atoms in total. The van der Waals surface area contributed by atoms with E-state index in [0.717, 1.165) is 51.3 Å². The summed E-state index contributed by atoms with van der Waals surface area (Å²) in [7, 11) is 0. The molecule has 1 aliphatic rings. The lowest BCUT2D eigenvalue weighted by Crippen LogP contribution is -2.36. The average molecular weight is 458 g/mol. The van der Waals surface area contributed by atoms with Crippen molar-refractivity contribution in [2.75, 3.05) is 38.2 Å². The number of thiazole rings is 1. The predicted octanol–water partition coefficient (Wildman–Crippen LogP) is 4.09. The number of hydrogen-bond donors (Lipinski definition) is 2. The second-order valence-electron chi connectivity index (χ2n) is 7.21. The number of thiophene rings is 1.